The summed E-state index contributed by atoms with van der Waals surface area (Å²) in [5.74, 6) is -3.93. The Morgan fingerprint density at radius 1 is 1.12 bits per heavy atom. The number of halogens is 3. The topological polar surface area (TPSA) is 74.1 Å². The van der Waals surface area contributed by atoms with Crippen LogP contribution in [0.2, 0.25) is 5.02 Å². The van der Waals surface area contributed by atoms with Crippen LogP contribution in [0.1, 0.15) is 36.0 Å². The van der Waals surface area contributed by atoms with E-state index in [0.29, 0.717) is 21.5 Å². The number of nitriles is 1. The highest BCUT2D eigenvalue weighted by molar-refractivity contribution is 6.30. The first-order chi connectivity index (χ1) is 15.8. The minimum atomic E-state index is -3.02. The molecule has 1 atom stereocenters. The van der Waals surface area contributed by atoms with E-state index in [0.717, 1.165) is 16.0 Å². The summed E-state index contributed by atoms with van der Waals surface area (Å²) in [6.07, 6.45) is 0.631. The van der Waals surface area contributed by atoms with Crippen molar-refractivity contribution >= 4 is 34.2 Å². The third-order valence-electron chi connectivity index (χ3n) is 5.82. The first-order valence-electron chi connectivity index (χ1n) is 10.5. The Morgan fingerprint density at radius 2 is 1.85 bits per heavy atom. The summed E-state index contributed by atoms with van der Waals surface area (Å²) in [5.41, 5.74) is 2.84. The highest BCUT2D eigenvalue weighted by Gasteiger charge is 2.42. The van der Waals surface area contributed by atoms with Gasteiger partial charge in [-0.15, -0.1) is 0 Å². The van der Waals surface area contributed by atoms with Crippen molar-refractivity contribution in [3.05, 3.63) is 65.3 Å². The monoisotopic (exact) mass is 467 g/mol. The highest BCUT2D eigenvalue weighted by Crippen LogP contribution is 2.31. The van der Waals surface area contributed by atoms with E-state index in [9.17, 15) is 23.6 Å². The average Bonchev–Trinajstić information content (AvgIpc) is 2.81. The lowest BCUT2D eigenvalue weighted by Gasteiger charge is -2.36. The van der Waals surface area contributed by atoms with Crippen molar-refractivity contribution in [1.82, 2.24) is 9.88 Å². The number of likely N-dealkylation sites (tertiary alicyclic amines) is 1. The third-order valence-corrected chi connectivity index (χ3v) is 6.07. The molecular weight excluding hydrogens is 448 g/mol. The molecule has 0 spiro atoms. The van der Waals surface area contributed by atoms with Gasteiger partial charge in [-0.2, -0.15) is 5.26 Å². The fourth-order valence-corrected chi connectivity index (χ4v) is 4.17. The molecule has 0 radical (unpaired) electrons. The fraction of sp³-hybridized carbons (Fsp3) is 0.280. The number of carbonyl (C=O) groups excluding carboxylic acids is 2. The molecule has 1 aliphatic heterocycles. The number of benzene rings is 2. The zero-order chi connectivity index (χ0) is 23.6. The van der Waals surface area contributed by atoms with Crippen LogP contribution in [-0.4, -0.2) is 40.1 Å². The fourth-order valence-electron chi connectivity index (χ4n) is 4.05. The number of fused-ring (bicyclic) bond motifs is 1. The van der Waals surface area contributed by atoms with Crippen LogP contribution in [-0.2, 0) is 4.79 Å². The van der Waals surface area contributed by atoms with Crippen molar-refractivity contribution in [1.29, 1.82) is 5.26 Å². The van der Waals surface area contributed by atoms with Crippen molar-refractivity contribution in [2.24, 2.45) is 0 Å². The molecule has 8 heteroatoms. The average molecular weight is 468 g/mol. The summed E-state index contributed by atoms with van der Waals surface area (Å²) in [7, 11) is 0. The molecular formula is C25H20ClF2N3O2. The number of rotatable bonds is 5. The number of aromatic nitrogens is 1. The molecule has 3 aromatic rings. The van der Waals surface area contributed by atoms with Crippen LogP contribution in [0.4, 0.5) is 8.78 Å². The zero-order valence-electron chi connectivity index (χ0n) is 17.6. The van der Waals surface area contributed by atoms with Gasteiger partial charge in [0.25, 0.3) is 5.92 Å². The number of carbonyl (C=O) groups is 2. The van der Waals surface area contributed by atoms with Crippen LogP contribution >= 0.6 is 11.6 Å². The molecule has 0 aliphatic carbocycles. The summed E-state index contributed by atoms with van der Waals surface area (Å²) < 4.78 is 27.6. The molecule has 0 N–H and O–H groups in total. The van der Waals surface area contributed by atoms with Gasteiger partial charge in [-0.05, 0) is 47.9 Å². The number of pyridine rings is 1. The van der Waals surface area contributed by atoms with E-state index in [1.54, 1.807) is 18.2 Å². The van der Waals surface area contributed by atoms with E-state index < -0.39 is 30.8 Å². The van der Waals surface area contributed by atoms with Crippen molar-refractivity contribution in [2.75, 3.05) is 6.54 Å². The van der Waals surface area contributed by atoms with Crippen LogP contribution in [0.25, 0.3) is 22.0 Å². The van der Waals surface area contributed by atoms with Gasteiger partial charge in [-0.3, -0.25) is 14.6 Å². The Kier molecular flexibility index (Phi) is 6.39. The molecule has 168 valence electrons. The van der Waals surface area contributed by atoms with Gasteiger partial charge in [0.15, 0.2) is 5.78 Å². The maximum absolute atomic E-state index is 13.8. The third kappa shape index (κ3) is 5.01. The van der Waals surface area contributed by atoms with Gasteiger partial charge in [0.2, 0.25) is 5.91 Å². The van der Waals surface area contributed by atoms with Crippen molar-refractivity contribution in [3.63, 3.8) is 0 Å². The van der Waals surface area contributed by atoms with Gasteiger partial charge < -0.3 is 4.90 Å². The predicted octanol–water partition coefficient (Wildman–Crippen LogP) is 5.67. The van der Waals surface area contributed by atoms with E-state index in [1.165, 1.54) is 6.20 Å². The number of Topliss-reactive ketones (excluding diaryl/α,β-unsaturated/α-hetero) is 1. The Bertz CT molecular complexity index is 1250. The van der Waals surface area contributed by atoms with Gasteiger partial charge in [0.05, 0.1) is 18.1 Å². The smallest absolute Gasteiger partial charge is 0.265 e. The molecule has 0 bridgehead atoms. The van der Waals surface area contributed by atoms with E-state index in [-0.39, 0.29) is 25.0 Å². The lowest BCUT2D eigenvalue weighted by atomic mass is 9.97. The largest absolute Gasteiger partial charge is 0.321 e. The molecule has 2 heterocycles. The molecule has 1 fully saturated rings. The lowest BCUT2D eigenvalue weighted by molar-refractivity contribution is -0.144. The van der Waals surface area contributed by atoms with Gasteiger partial charge >= 0.3 is 0 Å². The number of alkyl halides is 2. The van der Waals surface area contributed by atoms with Gasteiger partial charge in [0, 0.05) is 41.4 Å². The van der Waals surface area contributed by atoms with Crippen LogP contribution in [0.3, 0.4) is 0 Å². The number of hydrogen-bond donors (Lipinski definition) is 0. The van der Waals surface area contributed by atoms with Crippen LogP contribution in [0, 0.1) is 11.3 Å². The number of amides is 1. The van der Waals surface area contributed by atoms with E-state index in [2.05, 4.69) is 4.98 Å². The van der Waals surface area contributed by atoms with Crippen LogP contribution < -0.4 is 0 Å². The van der Waals surface area contributed by atoms with Gasteiger partial charge in [-0.25, -0.2) is 8.78 Å². The number of hydrogen-bond acceptors (Lipinski definition) is 4. The molecule has 1 aromatic heterocycles. The van der Waals surface area contributed by atoms with Gasteiger partial charge in [-0.1, -0.05) is 29.8 Å². The summed E-state index contributed by atoms with van der Waals surface area (Å²) in [6, 6.07) is 15.5. The Morgan fingerprint density at radius 3 is 2.58 bits per heavy atom. The van der Waals surface area contributed by atoms with Crippen molar-refractivity contribution < 1.29 is 18.4 Å². The number of nitrogens with zero attached hydrogens (tertiary/aromatic N) is 3. The highest BCUT2D eigenvalue weighted by atomic mass is 35.5. The second kappa shape index (κ2) is 9.24. The molecule has 4 rings (SSSR count). The molecule has 1 aliphatic rings. The van der Waals surface area contributed by atoms with Crippen LogP contribution in [0.15, 0.2) is 54.7 Å². The minimum absolute atomic E-state index is 0.0777. The quantitative estimate of drug-likeness (QED) is 0.453. The molecule has 0 unspecified atom stereocenters. The Hall–Kier alpha value is -3.37. The molecule has 1 saturated heterocycles. The summed E-state index contributed by atoms with van der Waals surface area (Å²) >= 11 is 5.97. The van der Waals surface area contributed by atoms with Crippen LogP contribution in [0.5, 0.6) is 0 Å². The molecule has 33 heavy (non-hydrogen) atoms. The van der Waals surface area contributed by atoms with Gasteiger partial charge in [0.1, 0.15) is 6.04 Å². The van der Waals surface area contributed by atoms with E-state index >= 15 is 0 Å². The first kappa shape index (κ1) is 22.8. The summed E-state index contributed by atoms with van der Waals surface area (Å²) in [6.45, 7) is -0.791. The summed E-state index contributed by atoms with van der Waals surface area (Å²) in [5, 5.41) is 10.5. The standard InChI is InChI=1S/C25H20ClF2N3O2/c26-18-4-1-16(2-5-18)17-3-6-22-21(13-17)20(10-12-30-22)23(32)7-8-24(33)31-15-25(27,28)11-9-19(31)14-29/h1-6,10,12-13,19H,7-9,11,15H2/t19-/m0/s1. The lowest BCUT2D eigenvalue weighted by Crippen LogP contribution is -2.51. The summed E-state index contributed by atoms with van der Waals surface area (Å²) in [4.78, 5) is 30.8. The second-order valence-electron chi connectivity index (χ2n) is 8.08. The number of piperidine rings is 1. The molecule has 5 nitrogen and oxygen atoms in total. The maximum atomic E-state index is 13.8. The molecule has 2 aromatic carbocycles. The van der Waals surface area contributed by atoms with Crippen molar-refractivity contribution in [3.8, 4) is 17.2 Å². The SMILES string of the molecule is N#C[C@@H]1CCC(F)(F)CN1C(=O)CCC(=O)c1ccnc2ccc(-c3ccc(Cl)cc3)cc12. The second-order valence-corrected chi connectivity index (χ2v) is 8.52. The number of ketones is 1. The zero-order valence-corrected chi connectivity index (χ0v) is 18.4. The minimum Gasteiger partial charge on any atom is -0.321 e. The Labute approximate surface area is 194 Å². The Balaban J connectivity index is 1.54. The predicted molar refractivity (Wildman–Crippen MR) is 121 cm³/mol. The molecule has 0 saturated carbocycles. The molecule has 1 amide bonds. The maximum Gasteiger partial charge on any atom is 0.265 e. The van der Waals surface area contributed by atoms with E-state index in [1.807, 2.05) is 36.4 Å². The van der Waals surface area contributed by atoms with E-state index in [4.69, 9.17) is 11.6 Å². The normalized spacial score (nSPS) is 17.5. The van der Waals surface area contributed by atoms with Crippen molar-refractivity contribution in [2.45, 2.75) is 37.6 Å². The first-order valence-corrected chi connectivity index (χ1v) is 10.9.